The molecule has 6 nitrogen and oxygen atoms in total. The second-order valence-corrected chi connectivity index (χ2v) is 5.98. The van der Waals surface area contributed by atoms with Gasteiger partial charge in [-0.2, -0.15) is 0 Å². The van der Waals surface area contributed by atoms with Crippen molar-refractivity contribution in [3.8, 4) is 11.5 Å². The topological polar surface area (TPSA) is 70.1 Å². The van der Waals surface area contributed by atoms with Crippen LogP contribution in [0.3, 0.4) is 0 Å². The number of hydrogen-bond acceptors (Lipinski definition) is 5. The lowest BCUT2D eigenvalue weighted by Crippen LogP contribution is -2.54. The number of carbonyl (C=O) groups excluding carboxylic acids is 2. The maximum Gasteiger partial charge on any atom is 0.270 e. The Morgan fingerprint density at radius 2 is 1.77 bits per heavy atom. The average molecular weight is 368 g/mol. The van der Waals surface area contributed by atoms with Crippen molar-refractivity contribution in [2.75, 3.05) is 19.1 Å². The third kappa shape index (κ3) is 3.04. The predicted molar refractivity (Wildman–Crippen MR) is 102 cm³/mol. The SMILES string of the molecule is COc1ccc(/C=C2/C(=O)N(C)C(=S)N(c3ccccc3)C2=O)cc1O. The van der Waals surface area contributed by atoms with Crippen LogP contribution in [0.1, 0.15) is 5.56 Å². The second-order valence-electron chi connectivity index (χ2n) is 5.61. The van der Waals surface area contributed by atoms with Crippen molar-refractivity contribution in [3.05, 3.63) is 59.7 Å². The number of ether oxygens (including phenoxy) is 1. The molecule has 0 unspecified atom stereocenters. The fraction of sp³-hybridized carbons (Fsp3) is 0.105. The molecule has 2 aromatic rings. The Labute approximate surface area is 155 Å². The molecule has 0 atom stereocenters. The first-order valence-electron chi connectivity index (χ1n) is 7.74. The number of carbonyl (C=O) groups is 2. The van der Waals surface area contributed by atoms with Crippen molar-refractivity contribution in [1.29, 1.82) is 0 Å². The summed E-state index contributed by atoms with van der Waals surface area (Å²) in [5.41, 5.74) is 1.02. The zero-order valence-corrected chi connectivity index (χ0v) is 15.0. The molecule has 3 rings (SSSR count). The maximum atomic E-state index is 12.9. The number of benzene rings is 2. The van der Waals surface area contributed by atoms with Crippen molar-refractivity contribution in [2.24, 2.45) is 0 Å². The first kappa shape index (κ1) is 17.6. The largest absolute Gasteiger partial charge is 0.504 e. The molecule has 1 heterocycles. The normalized spacial score (nSPS) is 16.4. The van der Waals surface area contributed by atoms with Gasteiger partial charge in [-0.15, -0.1) is 0 Å². The molecule has 0 aliphatic carbocycles. The van der Waals surface area contributed by atoms with E-state index in [0.29, 0.717) is 17.0 Å². The lowest BCUT2D eigenvalue weighted by molar-refractivity contribution is -0.127. The molecule has 7 heteroatoms. The highest BCUT2D eigenvalue weighted by molar-refractivity contribution is 7.80. The van der Waals surface area contributed by atoms with Crippen LogP contribution in [0.25, 0.3) is 6.08 Å². The van der Waals surface area contributed by atoms with Gasteiger partial charge in [-0.05, 0) is 48.1 Å². The van der Waals surface area contributed by atoms with E-state index in [4.69, 9.17) is 17.0 Å². The number of phenolic OH excluding ortho intramolecular Hbond substituents is 1. The number of thiocarbonyl (C=S) groups is 1. The summed E-state index contributed by atoms with van der Waals surface area (Å²) < 4.78 is 5.00. The molecule has 1 aliphatic heterocycles. The molecule has 0 aromatic heterocycles. The minimum Gasteiger partial charge on any atom is -0.504 e. The molecular weight excluding hydrogens is 352 g/mol. The van der Waals surface area contributed by atoms with Crippen LogP contribution in [0.15, 0.2) is 54.1 Å². The Bertz CT molecular complexity index is 924. The van der Waals surface area contributed by atoms with Crippen LogP contribution in [0.4, 0.5) is 5.69 Å². The lowest BCUT2D eigenvalue weighted by Gasteiger charge is -2.34. The zero-order chi connectivity index (χ0) is 18.8. The number of phenols is 1. The molecule has 132 valence electrons. The van der Waals surface area contributed by atoms with E-state index in [0.717, 1.165) is 0 Å². The summed E-state index contributed by atoms with van der Waals surface area (Å²) in [5.74, 6) is -0.791. The van der Waals surface area contributed by atoms with Crippen LogP contribution in [0.5, 0.6) is 11.5 Å². The molecule has 0 radical (unpaired) electrons. The van der Waals surface area contributed by atoms with Gasteiger partial charge in [-0.25, -0.2) is 0 Å². The Kier molecular flexibility index (Phi) is 4.73. The highest BCUT2D eigenvalue weighted by atomic mass is 32.1. The molecule has 0 bridgehead atoms. The van der Waals surface area contributed by atoms with E-state index in [9.17, 15) is 14.7 Å². The number of anilines is 1. The molecule has 1 aliphatic rings. The number of hydrogen-bond donors (Lipinski definition) is 1. The molecule has 1 N–H and O–H groups in total. The molecule has 0 saturated carbocycles. The summed E-state index contributed by atoms with van der Waals surface area (Å²) in [4.78, 5) is 28.1. The molecule has 26 heavy (non-hydrogen) atoms. The quantitative estimate of drug-likeness (QED) is 0.512. The van der Waals surface area contributed by atoms with Crippen molar-refractivity contribution in [1.82, 2.24) is 4.90 Å². The van der Waals surface area contributed by atoms with Crippen LogP contribution < -0.4 is 9.64 Å². The van der Waals surface area contributed by atoms with Crippen molar-refractivity contribution >= 4 is 40.9 Å². The first-order valence-corrected chi connectivity index (χ1v) is 8.15. The molecule has 2 amide bonds. The number of likely N-dealkylation sites (N-methyl/N-ethyl adjacent to an activating group) is 1. The minimum absolute atomic E-state index is 0.0467. The van der Waals surface area contributed by atoms with Gasteiger partial charge in [-0.1, -0.05) is 24.3 Å². The van der Waals surface area contributed by atoms with E-state index < -0.39 is 11.8 Å². The molecular formula is C19H16N2O4S. The van der Waals surface area contributed by atoms with Gasteiger partial charge in [0.2, 0.25) is 0 Å². The van der Waals surface area contributed by atoms with Gasteiger partial charge >= 0.3 is 0 Å². The number of para-hydroxylation sites is 1. The highest BCUT2D eigenvalue weighted by Crippen LogP contribution is 2.29. The number of amides is 2. The van der Waals surface area contributed by atoms with Crippen molar-refractivity contribution < 1.29 is 19.4 Å². The van der Waals surface area contributed by atoms with Crippen LogP contribution in [0, 0.1) is 0 Å². The third-order valence-corrected chi connectivity index (χ3v) is 4.43. The second kappa shape index (κ2) is 6.97. The van der Waals surface area contributed by atoms with Crippen LogP contribution in [0.2, 0.25) is 0 Å². The van der Waals surface area contributed by atoms with Gasteiger partial charge < -0.3 is 9.84 Å². The summed E-state index contributed by atoms with van der Waals surface area (Å²) >= 11 is 5.28. The predicted octanol–water partition coefficient (Wildman–Crippen LogP) is 2.57. The van der Waals surface area contributed by atoms with Crippen LogP contribution in [-0.2, 0) is 9.59 Å². The monoisotopic (exact) mass is 368 g/mol. The smallest absolute Gasteiger partial charge is 0.270 e. The van der Waals surface area contributed by atoms with Gasteiger partial charge in [0.15, 0.2) is 16.6 Å². The summed E-state index contributed by atoms with van der Waals surface area (Å²) in [7, 11) is 2.96. The first-order chi connectivity index (χ1) is 12.4. The Hall–Kier alpha value is -3.19. The summed E-state index contributed by atoms with van der Waals surface area (Å²) in [6.07, 6.45) is 1.43. The van der Waals surface area contributed by atoms with E-state index >= 15 is 0 Å². The summed E-state index contributed by atoms with van der Waals surface area (Å²) in [5, 5.41) is 10.0. The average Bonchev–Trinajstić information content (AvgIpc) is 2.65. The van der Waals surface area contributed by atoms with E-state index in [-0.39, 0.29) is 16.4 Å². The zero-order valence-electron chi connectivity index (χ0n) is 14.2. The fourth-order valence-electron chi connectivity index (χ4n) is 2.61. The van der Waals surface area contributed by atoms with E-state index in [1.807, 2.05) is 6.07 Å². The molecule has 2 aromatic carbocycles. The van der Waals surface area contributed by atoms with Crippen molar-refractivity contribution in [2.45, 2.75) is 0 Å². The third-order valence-electron chi connectivity index (χ3n) is 3.98. The maximum absolute atomic E-state index is 12.9. The number of rotatable bonds is 3. The van der Waals surface area contributed by atoms with E-state index in [2.05, 4.69) is 0 Å². The van der Waals surface area contributed by atoms with E-state index in [1.165, 1.54) is 36.1 Å². The highest BCUT2D eigenvalue weighted by Gasteiger charge is 2.38. The van der Waals surface area contributed by atoms with Gasteiger partial charge in [0.1, 0.15) is 5.57 Å². The number of methoxy groups -OCH3 is 1. The van der Waals surface area contributed by atoms with Crippen molar-refractivity contribution in [3.63, 3.8) is 0 Å². The van der Waals surface area contributed by atoms with Gasteiger partial charge in [0, 0.05) is 7.05 Å². The minimum atomic E-state index is -0.514. The van der Waals surface area contributed by atoms with Crippen LogP contribution >= 0.6 is 12.2 Å². The molecule has 0 spiro atoms. The Balaban J connectivity index is 2.05. The van der Waals surface area contributed by atoms with E-state index in [1.54, 1.807) is 36.4 Å². The molecule has 1 fully saturated rings. The number of aromatic hydroxyl groups is 1. The van der Waals surface area contributed by atoms with Gasteiger partial charge in [0.05, 0.1) is 12.8 Å². The fourth-order valence-corrected chi connectivity index (χ4v) is 2.88. The Morgan fingerprint density at radius 3 is 2.38 bits per heavy atom. The summed E-state index contributed by atoms with van der Waals surface area (Å²) in [6.45, 7) is 0. The van der Waals surface area contributed by atoms with Gasteiger partial charge in [0.25, 0.3) is 11.8 Å². The Morgan fingerprint density at radius 1 is 1.08 bits per heavy atom. The number of nitrogens with zero attached hydrogens (tertiary/aromatic N) is 2. The van der Waals surface area contributed by atoms with Gasteiger partial charge in [-0.3, -0.25) is 19.4 Å². The molecule has 1 saturated heterocycles. The lowest BCUT2D eigenvalue weighted by atomic mass is 10.1. The summed E-state index contributed by atoms with van der Waals surface area (Å²) in [6, 6.07) is 13.5. The standard InChI is InChI=1S/C19H16N2O4S/c1-20-17(23)14(10-12-8-9-16(25-2)15(22)11-12)18(24)21(19(20)26)13-6-4-3-5-7-13/h3-11,22H,1-2H3/b14-10-. The van der Waals surface area contributed by atoms with Crippen LogP contribution in [-0.4, -0.2) is 41.1 Å².